The maximum atomic E-state index is 12.7. The number of thioether (sulfide) groups is 1. The Morgan fingerprint density at radius 1 is 1.42 bits per heavy atom. The first-order chi connectivity index (χ1) is 9.24. The summed E-state index contributed by atoms with van der Waals surface area (Å²) >= 11 is 1.56. The third-order valence-electron chi connectivity index (χ3n) is 2.96. The summed E-state index contributed by atoms with van der Waals surface area (Å²) in [5.41, 5.74) is 0. The van der Waals surface area contributed by atoms with Crippen molar-refractivity contribution in [2.24, 2.45) is 0 Å². The molecular formula is C14H18FNO2S. The van der Waals surface area contributed by atoms with Gasteiger partial charge in [0.05, 0.1) is 6.10 Å². The third-order valence-corrected chi connectivity index (χ3v) is 3.98. The van der Waals surface area contributed by atoms with Crippen LogP contribution in [0.2, 0.25) is 0 Å². The minimum absolute atomic E-state index is 0.0464. The number of halogens is 1. The molecule has 104 valence electrons. The molecule has 1 aliphatic rings. The van der Waals surface area contributed by atoms with Crippen molar-refractivity contribution in [1.82, 2.24) is 5.32 Å². The molecule has 1 amide bonds. The Balaban J connectivity index is 1.59. The van der Waals surface area contributed by atoms with Crippen LogP contribution in [0.25, 0.3) is 0 Å². The van der Waals surface area contributed by atoms with Crippen LogP contribution >= 0.6 is 11.8 Å². The first-order valence-corrected chi connectivity index (χ1v) is 7.49. The van der Waals surface area contributed by atoms with E-state index in [2.05, 4.69) is 5.32 Å². The summed E-state index contributed by atoms with van der Waals surface area (Å²) in [6.07, 6.45) is 2.77. The smallest absolute Gasteiger partial charge is 0.220 e. The van der Waals surface area contributed by atoms with Gasteiger partial charge in [-0.25, -0.2) is 4.39 Å². The molecule has 5 heteroatoms. The lowest BCUT2D eigenvalue weighted by Gasteiger charge is -2.10. The van der Waals surface area contributed by atoms with Gasteiger partial charge < -0.3 is 10.1 Å². The first kappa shape index (κ1) is 14.3. The van der Waals surface area contributed by atoms with Crippen LogP contribution in [0.1, 0.15) is 19.3 Å². The minimum atomic E-state index is -0.237. The van der Waals surface area contributed by atoms with Crippen molar-refractivity contribution in [3.8, 4) is 0 Å². The maximum Gasteiger partial charge on any atom is 0.220 e. The zero-order valence-corrected chi connectivity index (χ0v) is 11.5. The molecule has 0 radical (unpaired) electrons. The van der Waals surface area contributed by atoms with Gasteiger partial charge in [0.15, 0.2) is 0 Å². The van der Waals surface area contributed by atoms with Gasteiger partial charge in [-0.1, -0.05) is 0 Å². The highest BCUT2D eigenvalue weighted by Gasteiger charge is 2.15. The van der Waals surface area contributed by atoms with Crippen molar-refractivity contribution in [2.45, 2.75) is 30.3 Å². The fourth-order valence-electron chi connectivity index (χ4n) is 1.91. The molecule has 1 fully saturated rings. The molecule has 0 spiro atoms. The van der Waals surface area contributed by atoms with Crippen molar-refractivity contribution >= 4 is 17.7 Å². The highest BCUT2D eigenvalue weighted by molar-refractivity contribution is 7.99. The molecular weight excluding hydrogens is 265 g/mol. The molecule has 0 bridgehead atoms. The van der Waals surface area contributed by atoms with Gasteiger partial charge in [0.25, 0.3) is 0 Å². The molecule has 0 aromatic heterocycles. The lowest BCUT2D eigenvalue weighted by molar-refractivity contribution is -0.121. The number of nitrogens with one attached hydrogen (secondary N) is 1. The number of benzene rings is 1. The number of carbonyl (C=O) groups is 1. The number of ether oxygens (including phenoxy) is 1. The highest BCUT2D eigenvalue weighted by atomic mass is 32.2. The van der Waals surface area contributed by atoms with Crippen molar-refractivity contribution in [3.05, 3.63) is 30.1 Å². The Hall–Kier alpha value is -1.07. The van der Waals surface area contributed by atoms with Crippen molar-refractivity contribution < 1.29 is 13.9 Å². The van der Waals surface area contributed by atoms with Gasteiger partial charge in [0.2, 0.25) is 5.91 Å². The van der Waals surface area contributed by atoms with E-state index < -0.39 is 0 Å². The number of hydrogen-bond acceptors (Lipinski definition) is 3. The minimum Gasteiger partial charge on any atom is -0.376 e. The summed E-state index contributed by atoms with van der Waals surface area (Å²) in [5.74, 6) is 0.506. The van der Waals surface area contributed by atoms with Gasteiger partial charge >= 0.3 is 0 Å². The molecule has 1 atom stereocenters. The van der Waals surface area contributed by atoms with E-state index in [1.165, 1.54) is 12.1 Å². The van der Waals surface area contributed by atoms with Crippen LogP contribution in [0, 0.1) is 5.82 Å². The first-order valence-electron chi connectivity index (χ1n) is 6.51. The topological polar surface area (TPSA) is 38.3 Å². The van der Waals surface area contributed by atoms with Gasteiger partial charge in [-0.2, -0.15) is 0 Å². The Morgan fingerprint density at radius 3 is 2.89 bits per heavy atom. The second kappa shape index (κ2) is 7.50. The van der Waals surface area contributed by atoms with Crippen molar-refractivity contribution in [3.63, 3.8) is 0 Å². The predicted octanol–water partition coefficient (Wildman–Crippen LogP) is 2.60. The molecule has 0 saturated carbocycles. The van der Waals surface area contributed by atoms with E-state index in [9.17, 15) is 9.18 Å². The fourth-order valence-corrected chi connectivity index (χ4v) is 2.77. The van der Waals surface area contributed by atoms with Gasteiger partial charge in [-0.05, 0) is 37.1 Å². The molecule has 1 aromatic carbocycles. The average Bonchev–Trinajstić information content (AvgIpc) is 2.92. The molecule has 1 N–H and O–H groups in total. The summed E-state index contributed by atoms with van der Waals surface area (Å²) in [7, 11) is 0. The van der Waals surface area contributed by atoms with Crippen molar-refractivity contribution in [1.29, 1.82) is 0 Å². The van der Waals surface area contributed by atoms with Gasteiger partial charge in [0, 0.05) is 30.2 Å². The monoisotopic (exact) mass is 283 g/mol. The molecule has 1 heterocycles. The van der Waals surface area contributed by atoms with Crippen LogP contribution in [0.15, 0.2) is 29.2 Å². The Bertz CT molecular complexity index is 404. The molecule has 19 heavy (non-hydrogen) atoms. The summed E-state index contributed by atoms with van der Waals surface area (Å²) < 4.78 is 18.1. The van der Waals surface area contributed by atoms with Gasteiger partial charge in [-0.3, -0.25) is 4.79 Å². The normalized spacial score (nSPS) is 18.5. The second-order valence-corrected chi connectivity index (χ2v) is 5.66. The Morgan fingerprint density at radius 2 is 2.21 bits per heavy atom. The van der Waals surface area contributed by atoms with Crippen molar-refractivity contribution in [2.75, 3.05) is 18.9 Å². The van der Waals surface area contributed by atoms with Crippen LogP contribution in [0.4, 0.5) is 4.39 Å². The Labute approximate surface area is 116 Å². The van der Waals surface area contributed by atoms with E-state index in [-0.39, 0.29) is 17.8 Å². The maximum absolute atomic E-state index is 12.7. The molecule has 1 aliphatic heterocycles. The second-order valence-electron chi connectivity index (χ2n) is 4.49. The zero-order chi connectivity index (χ0) is 13.5. The SMILES string of the molecule is O=C(CCSc1ccc(F)cc1)NC[C@H]1CCCO1. The van der Waals surface area contributed by atoms with Gasteiger partial charge in [0.1, 0.15) is 5.82 Å². The lowest BCUT2D eigenvalue weighted by Crippen LogP contribution is -2.31. The number of carbonyl (C=O) groups excluding carboxylic acids is 1. The summed E-state index contributed by atoms with van der Waals surface area (Å²) in [6, 6.07) is 6.31. The average molecular weight is 283 g/mol. The molecule has 0 unspecified atom stereocenters. The van der Waals surface area contributed by atoms with E-state index >= 15 is 0 Å². The lowest BCUT2D eigenvalue weighted by atomic mass is 10.2. The van der Waals surface area contributed by atoms with Crippen LogP contribution in [0.5, 0.6) is 0 Å². The van der Waals surface area contributed by atoms with Crippen LogP contribution in [-0.4, -0.2) is 30.9 Å². The third kappa shape index (κ3) is 5.20. The summed E-state index contributed by atoms with van der Waals surface area (Å²) in [5, 5.41) is 2.88. The van der Waals surface area contributed by atoms with Crippen LogP contribution in [0.3, 0.4) is 0 Å². The van der Waals surface area contributed by atoms with E-state index in [1.807, 2.05) is 0 Å². The Kier molecular flexibility index (Phi) is 5.66. The number of amides is 1. The molecule has 0 aliphatic carbocycles. The zero-order valence-electron chi connectivity index (χ0n) is 10.7. The highest BCUT2D eigenvalue weighted by Crippen LogP contribution is 2.18. The fraction of sp³-hybridized carbons (Fsp3) is 0.500. The van der Waals surface area contributed by atoms with Crippen LogP contribution < -0.4 is 5.32 Å². The predicted molar refractivity (Wildman–Crippen MR) is 73.7 cm³/mol. The molecule has 2 rings (SSSR count). The summed E-state index contributed by atoms with van der Waals surface area (Å²) in [4.78, 5) is 12.6. The largest absolute Gasteiger partial charge is 0.376 e. The van der Waals surface area contributed by atoms with E-state index in [0.717, 1.165) is 24.3 Å². The van der Waals surface area contributed by atoms with E-state index in [1.54, 1.807) is 23.9 Å². The molecule has 1 saturated heterocycles. The van der Waals surface area contributed by atoms with Gasteiger partial charge in [-0.15, -0.1) is 11.8 Å². The number of rotatable bonds is 6. The molecule has 3 nitrogen and oxygen atoms in total. The van der Waals surface area contributed by atoms with E-state index in [0.29, 0.717) is 18.7 Å². The standard InChI is InChI=1S/C14H18FNO2S/c15-11-3-5-13(6-4-11)19-9-7-14(17)16-10-12-2-1-8-18-12/h3-6,12H,1-2,7-10H2,(H,16,17)/t12-/m1/s1. The van der Waals surface area contributed by atoms with E-state index in [4.69, 9.17) is 4.74 Å². The summed E-state index contributed by atoms with van der Waals surface area (Å²) in [6.45, 7) is 1.42. The number of hydrogen-bond donors (Lipinski definition) is 1. The van der Waals surface area contributed by atoms with Crippen LogP contribution in [-0.2, 0) is 9.53 Å². The quantitative estimate of drug-likeness (QED) is 0.816. The molecule has 1 aromatic rings.